The highest BCUT2D eigenvalue weighted by Gasteiger charge is 2.09. The van der Waals surface area contributed by atoms with Crippen LogP contribution in [0.25, 0.3) is 11.3 Å². The van der Waals surface area contributed by atoms with E-state index in [-0.39, 0.29) is 0 Å². The standard InChI is InChI=1S/C14H13N5/c15-14-12(2-1-5-18-14)13-8-17-10-19(13)9-11-3-6-16-7-4-11/h1-8,10H,9H2,(H2,15,18). The lowest BCUT2D eigenvalue weighted by molar-refractivity contribution is 0.803. The average molecular weight is 251 g/mol. The van der Waals surface area contributed by atoms with Gasteiger partial charge < -0.3 is 10.3 Å². The highest BCUT2D eigenvalue weighted by molar-refractivity contribution is 5.70. The molecule has 0 atom stereocenters. The summed E-state index contributed by atoms with van der Waals surface area (Å²) in [4.78, 5) is 12.3. The summed E-state index contributed by atoms with van der Waals surface area (Å²) >= 11 is 0. The molecule has 3 aromatic heterocycles. The molecule has 3 aromatic rings. The molecule has 5 heteroatoms. The van der Waals surface area contributed by atoms with Gasteiger partial charge in [0.1, 0.15) is 5.82 Å². The second kappa shape index (κ2) is 4.89. The number of rotatable bonds is 3. The van der Waals surface area contributed by atoms with Crippen LogP contribution in [0.3, 0.4) is 0 Å². The summed E-state index contributed by atoms with van der Waals surface area (Å²) in [5.41, 5.74) is 8.93. The molecule has 0 aliphatic heterocycles. The molecule has 0 aromatic carbocycles. The largest absolute Gasteiger partial charge is 0.383 e. The predicted molar refractivity (Wildman–Crippen MR) is 73.2 cm³/mol. The first kappa shape index (κ1) is 11.4. The second-order valence-corrected chi connectivity index (χ2v) is 4.20. The molecular weight excluding hydrogens is 238 g/mol. The summed E-state index contributed by atoms with van der Waals surface area (Å²) in [7, 11) is 0. The Labute approximate surface area is 110 Å². The van der Waals surface area contributed by atoms with E-state index in [0.29, 0.717) is 5.82 Å². The van der Waals surface area contributed by atoms with Gasteiger partial charge in [0.25, 0.3) is 0 Å². The maximum atomic E-state index is 5.91. The predicted octanol–water partition coefficient (Wildman–Crippen LogP) is 1.97. The molecule has 94 valence electrons. The van der Waals surface area contributed by atoms with Crippen molar-refractivity contribution in [2.45, 2.75) is 6.54 Å². The Bertz CT molecular complexity index is 675. The van der Waals surface area contributed by atoms with Gasteiger partial charge in [0.15, 0.2) is 0 Å². The van der Waals surface area contributed by atoms with Crippen LogP contribution in [-0.4, -0.2) is 19.5 Å². The number of nitrogens with zero attached hydrogens (tertiary/aromatic N) is 4. The monoisotopic (exact) mass is 251 g/mol. The second-order valence-electron chi connectivity index (χ2n) is 4.20. The van der Waals surface area contributed by atoms with Crippen molar-refractivity contribution in [1.29, 1.82) is 0 Å². The zero-order valence-electron chi connectivity index (χ0n) is 10.3. The van der Waals surface area contributed by atoms with Crippen LogP contribution in [0.2, 0.25) is 0 Å². The minimum absolute atomic E-state index is 0.513. The van der Waals surface area contributed by atoms with E-state index >= 15 is 0 Å². The molecule has 0 unspecified atom stereocenters. The van der Waals surface area contributed by atoms with Crippen LogP contribution >= 0.6 is 0 Å². The number of anilines is 1. The fraction of sp³-hybridized carbons (Fsp3) is 0.0714. The van der Waals surface area contributed by atoms with Gasteiger partial charge in [-0.05, 0) is 29.8 Å². The number of nitrogens with two attached hydrogens (primary N) is 1. The summed E-state index contributed by atoms with van der Waals surface area (Å²) in [5.74, 6) is 0.513. The van der Waals surface area contributed by atoms with Crippen molar-refractivity contribution >= 4 is 5.82 Å². The Balaban J connectivity index is 1.98. The molecular formula is C14H13N5. The maximum Gasteiger partial charge on any atom is 0.132 e. The third kappa shape index (κ3) is 2.30. The van der Waals surface area contributed by atoms with E-state index in [2.05, 4.69) is 15.0 Å². The molecule has 0 bridgehead atoms. The SMILES string of the molecule is Nc1ncccc1-c1cncn1Cc1ccncc1. The quantitative estimate of drug-likeness (QED) is 0.772. The number of pyridine rings is 2. The van der Waals surface area contributed by atoms with E-state index in [1.165, 1.54) is 0 Å². The first-order valence-electron chi connectivity index (χ1n) is 5.94. The molecule has 0 radical (unpaired) electrons. The molecule has 0 aliphatic carbocycles. The van der Waals surface area contributed by atoms with Crippen LogP contribution in [0.5, 0.6) is 0 Å². The van der Waals surface area contributed by atoms with Crippen molar-refractivity contribution < 1.29 is 0 Å². The summed E-state index contributed by atoms with van der Waals surface area (Å²) < 4.78 is 2.04. The van der Waals surface area contributed by atoms with E-state index in [0.717, 1.165) is 23.4 Å². The van der Waals surface area contributed by atoms with Gasteiger partial charge in [-0.2, -0.15) is 0 Å². The lowest BCUT2D eigenvalue weighted by Gasteiger charge is -2.09. The van der Waals surface area contributed by atoms with Crippen LogP contribution in [0.15, 0.2) is 55.4 Å². The molecule has 0 amide bonds. The van der Waals surface area contributed by atoms with Crippen molar-refractivity contribution in [3.8, 4) is 11.3 Å². The van der Waals surface area contributed by atoms with Crippen LogP contribution in [0.1, 0.15) is 5.56 Å². The number of nitrogen functional groups attached to an aromatic ring is 1. The third-order valence-corrected chi connectivity index (χ3v) is 2.93. The highest BCUT2D eigenvalue weighted by Crippen LogP contribution is 2.23. The van der Waals surface area contributed by atoms with Crippen LogP contribution in [0.4, 0.5) is 5.82 Å². The number of imidazole rings is 1. The smallest absolute Gasteiger partial charge is 0.132 e. The molecule has 19 heavy (non-hydrogen) atoms. The first-order valence-corrected chi connectivity index (χ1v) is 5.94. The Kier molecular flexibility index (Phi) is 2.94. The van der Waals surface area contributed by atoms with E-state index in [1.807, 2.05) is 28.8 Å². The fourth-order valence-corrected chi connectivity index (χ4v) is 1.99. The minimum Gasteiger partial charge on any atom is -0.383 e. The Morgan fingerprint density at radius 1 is 1.05 bits per heavy atom. The summed E-state index contributed by atoms with van der Waals surface area (Å²) in [6, 6.07) is 7.78. The molecule has 0 fully saturated rings. The molecule has 2 N–H and O–H groups in total. The van der Waals surface area contributed by atoms with Gasteiger partial charge in [-0.15, -0.1) is 0 Å². The van der Waals surface area contributed by atoms with Gasteiger partial charge in [0, 0.05) is 30.7 Å². The van der Waals surface area contributed by atoms with E-state index in [1.54, 1.807) is 31.1 Å². The van der Waals surface area contributed by atoms with Crippen molar-refractivity contribution in [3.63, 3.8) is 0 Å². The number of hydrogen-bond acceptors (Lipinski definition) is 4. The molecule has 0 aliphatic rings. The Hall–Kier alpha value is -2.69. The zero-order chi connectivity index (χ0) is 13.1. The maximum absolute atomic E-state index is 5.91. The lowest BCUT2D eigenvalue weighted by Crippen LogP contribution is -2.02. The molecule has 0 saturated carbocycles. The van der Waals surface area contributed by atoms with Gasteiger partial charge in [0.05, 0.1) is 18.2 Å². The van der Waals surface area contributed by atoms with E-state index in [4.69, 9.17) is 5.73 Å². The molecule has 5 nitrogen and oxygen atoms in total. The first-order chi connectivity index (χ1) is 9.34. The van der Waals surface area contributed by atoms with Crippen LogP contribution in [-0.2, 0) is 6.54 Å². The van der Waals surface area contributed by atoms with Crippen LogP contribution < -0.4 is 5.73 Å². The summed E-state index contributed by atoms with van der Waals surface area (Å²) in [6.45, 7) is 0.728. The van der Waals surface area contributed by atoms with Crippen LogP contribution in [0, 0.1) is 0 Å². The highest BCUT2D eigenvalue weighted by atomic mass is 15.0. The normalized spacial score (nSPS) is 10.5. The van der Waals surface area contributed by atoms with E-state index in [9.17, 15) is 0 Å². The molecule has 0 saturated heterocycles. The summed E-state index contributed by atoms with van der Waals surface area (Å²) in [5, 5.41) is 0. The van der Waals surface area contributed by atoms with Crippen molar-refractivity contribution in [2.75, 3.05) is 5.73 Å². The van der Waals surface area contributed by atoms with E-state index < -0.39 is 0 Å². The van der Waals surface area contributed by atoms with Gasteiger partial charge in [-0.1, -0.05) is 0 Å². The third-order valence-electron chi connectivity index (χ3n) is 2.93. The van der Waals surface area contributed by atoms with Gasteiger partial charge >= 0.3 is 0 Å². The summed E-state index contributed by atoms with van der Waals surface area (Å²) in [6.07, 6.45) is 8.84. The molecule has 0 spiro atoms. The number of aromatic nitrogens is 4. The van der Waals surface area contributed by atoms with Crippen molar-refractivity contribution in [1.82, 2.24) is 19.5 Å². The molecule has 3 rings (SSSR count). The van der Waals surface area contributed by atoms with Gasteiger partial charge in [-0.3, -0.25) is 4.98 Å². The Morgan fingerprint density at radius 3 is 2.68 bits per heavy atom. The lowest BCUT2D eigenvalue weighted by atomic mass is 10.2. The average Bonchev–Trinajstić information content (AvgIpc) is 2.88. The van der Waals surface area contributed by atoms with Crippen molar-refractivity contribution in [2.24, 2.45) is 0 Å². The number of hydrogen-bond donors (Lipinski definition) is 1. The minimum atomic E-state index is 0.513. The molecule has 3 heterocycles. The zero-order valence-corrected chi connectivity index (χ0v) is 10.3. The van der Waals surface area contributed by atoms with Gasteiger partial charge in [-0.25, -0.2) is 9.97 Å². The Morgan fingerprint density at radius 2 is 1.89 bits per heavy atom. The topological polar surface area (TPSA) is 69.6 Å². The van der Waals surface area contributed by atoms with Crippen molar-refractivity contribution in [3.05, 3.63) is 60.9 Å². The fourth-order valence-electron chi connectivity index (χ4n) is 1.99. The van der Waals surface area contributed by atoms with Gasteiger partial charge in [0.2, 0.25) is 0 Å².